The molecule has 1 nitrogen and oxygen atoms in total. The third-order valence-corrected chi connectivity index (χ3v) is 5.94. The Balaban J connectivity index is 2.06. The van der Waals surface area contributed by atoms with Crippen molar-refractivity contribution in [3.05, 3.63) is 70.3 Å². The van der Waals surface area contributed by atoms with E-state index in [0.717, 1.165) is 17.3 Å². The van der Waals surface area contributed by atoms with Crippen LogP contribution in [0.3, 0.4) is 0 Å². The number of benzene rings is 3. The van der Waals surface area contributed by atoms with Gasteiger partial charge in [0.2, 0.25) is 0 Å². The normalized spacial score (nSPS) is 14.4. The molecule has 0 saturated heterocycles. The zero-order chi connectivity index (χ0) is 15.8. The van der Waals surface area contributed by atoms with E-state index < -0.39 is 0 Å². The van der Waals surface area contributed by atoms with Crippen molar-refractivity contribution in [1.82, 2.24) is 4.40 Å². The molecule has 0 radical (unpaired) electrons. The fourth-order valence-electron chi connectivity index (χ4n) is 4.48. The highest BCUT2D eigenvalue weighted by Crippen LogP contribution is 2.42. The fraction of sp³-hybridized carbons (Fsp3) is 0.0909. The van der Waals surface area contributed by atoms with Crippen molar-refractivity contribution in [1.29, 1.82) is 0 Å². The van der Waals surface area contributed by atoms with E-state index in [9.17, 15) is 0 Å². The highest BCUT2D eigenvalue weighted by atomic mass is 79.9. The summed E-state index contributed by atoms with van der Waals surface area (Å²) in [7, 11) is 0. The van der Waals surface area contributed by atoms with Gasteiger partial charge in [0.05, 0.1) is 11.0 Å². The van der Waals surface area contributed by atoms with Crippen molar-refractivity contribution in [2.75, 3.05) is 0 Å². The first kappa shape index (κ1) is 13.0. The maximum absolute atomic E-state index is 3.65. The van der Waals surface area contributed by atoms with Gasteiger partial charge in [-0.25, -0.2) is 0 Å². The molecule has 2 heterocycles. The molecule has 114 valence electrons. The predicted octanol–water partition coefficient (Wildman–Crippen LogP) is 6.56. The van der Waals surface area contributed by atoms with Crippen molar-refractivity contribution in [2.24, 2.45) is 0 Å². The van der Waals surface area contributed by atoms with E-state index in [-0.39, 0.29) is 0 Å². The quantitative estimate of drug-likeness (QED) is 0.290. The van der Waals surface area contributed by atoms with Crippen LogP contribution in [0.15, 0.2) is 59.1 Å². The summed E-state index contributed by atoms with van der Waals surface area (Å²) in [6.07, 6.45) is 6.88. The Morgan fingerprint density at radius 3 is 2.83 bits per heavy atom. The lowest BCUT2D eigenvalue weighted by Crippen LogP contribution is -2.03. The minimum Gasteiger partial charge on any atom is -0.308 e. The highest BCUT2D eigenvalue weighted by molar-refractivity contribution is 9.10. The van der Waals surface area contributed by atoms with E-state index >= 15 is 0 Å². The van der Waals surface area contributed by atoms with Gasteiger partial charge in [0.15, 0.2) is 0 Å². The van der Waals surface area contributed by atoms with Gasteiger partial charge in [0, 0.05) is 26.3 Å². The van der Waals surface area contributed by atoms with Gasteiger partial charge in [0.1, 0.15) is 0 Å². The Hall–Kier alpha value is -2.32. The van der Waals surface area contributed by atoms with Crippen molar-refractivity contribution in [2.45, 2.75) is 12.8 Å². The van der Waals surface area contributed by atoms with Gasteiger partial charge in [-0.15, -0.1) is 0 Å². The van der Waals surface area contributed by atoms with E-state index in [1.807, 2.05) is 0 Å². The Labute approximate surface area is 147 Å². The first-order chi connectivity index (χ1) is 11.8. The van der Waals surface area contributed by atoms with Crippen molar-refractivity contribution >= 4 is 60.0 Å². The molecule has 6 rings (SSSR count). The topological polar surface area (TPSA) is 4.41 Å². The lowest BCUT2D eigenvalue weighted by molar-refractivity contribution is 0.971. The Morgan fingerprint density at radius 2 is 1.88 bits per heavy atom. The fourth-order valence-corrected chi connectivity index (χ4v) is 4.85. The molecule has 2 aromatic heterocycles. The van der Waals surface area contributed by atoms with Gasteiger partial charge in [-0.2, -0.15) is 0 Å². The summed E-state index contributed by atoms with van der Waals surface area (Å²) >= 11 is 3.65. The molecule has 0 fully saturated rings. The molecular formula is C22H14BrN. The van der Waals surface area contributed by atoms with Crippen LogP contribution >= 0.6 is 15.9 Å². The maximum atomic E-state index is 3.65. The number of halogens is 1. The lowest BCUT2D eigenvalue weighted by Gasteiger charge is -2.19. The van der Waals surface area contributed by atoms with Gasteiger partial charge >= 0.3 is 0 Å². The largest absolute Gasteiger partial charge is 0.308 e. The molecule has 0 amide bonds. The molecule has 0 atom stereocenters. The highest BCUT2D eigenvalue weighted by Gasteiger charge is 2.21. The van der Waals surface area contributed by atoms with E-state index in [2.05, 4.69) is 81.0 Å². The first-order valence-corrected chi connectivity index (χ1v) is 9.18. The number of rotatable bonds is 0. The number of fused-ring (bicyclic) bond motifs is 6. The van der Waals surface area contributed by atoms with Crippen molar-refractivity contribution in [3.8, 4) is 0 Å². The van der Waals surface area contributed by atoms with Gasteiger partial charge < -0.3 is 4.40 Å². The monoisotopic (exact) mass is 371 g/mol. The average molecular weight is 372 g/mol. The summed E-state index contributed by atoms with van der Waals surface area (Å²) in [6.45, 7) is 0. The standard InChI is InChI=1S/C22H14BrN/c23-14-9-11-20-18(12-14)17-10-8-13-4-3-6-16-15-5-1-2-7-19(15)24(20)22(17)21(13)16/h2-4,6-12H,1,5H2. The molecule has 2 heteroatoms. The summed E-state index contributed by atoms with van der Waals surface area (Å²) in [5.41, 5.74) is 5.51. The van der Waals surface area contributed by atoms with Crippen LogP contribution in [0.5, 0.6) is 0 Å². The third kappa shape index (κ3) is 1.46. The molecule has 5 aromatic rings. The zero-order valence-corrected chi connectivity index (χ0v) is 14.6. The number of hydrogen-bond acceptors (Lipinski definition) is 0. The number of aromatic nitrogens is 1. The van der Waals surface area contributed by atoms with Gasteiger partial charge in [-0.3, -0.25) is 0 Å². The van der Waals surface area contributed by atoms with E-state index in [0.29, 0.717) is 0 Å². The Kier molecular flexibility index (Phi) is 2.39. The molecule has 0 N–H and O–H groups in total. The van der Waals surface area contributed by atoms with Crippen LogP contribution < -0.4 is 0 Å². The summed E-state index contributed by atoms with van der Waals surface area (Å²) in [6, 6.07) is 17.9. The van der Waals surface area contributed by atoms with Crippen LogP contribution in [0.4, 0.5) is 0 Å². The van der Waals surface area contributed by atoms with E-state index in [1.54, 1.807) is 0 Å². The van der Waals surface area contributed by atoms with Crippen LogP contribution in [0, 0.1) is 0 Å². The maximum Gasteiger partial charge on any atom is 0.0625 e. The van der Waals surface area contributed by atoms with E-state index in [1.165, 1.54) is 49.2 Å². The second kappa shape index (κ2) is 4.40. The molecular weight excluding hydrogens is 358 g/mol. The zero-order valence-electron chi connectivity index (χ0n) is 13.0. The van der Waals surface area contributed by atoms with Gasteiger partial charge in [0.25, 0.3) is 0 Å². The third-order valence-electron chi connectivity index (χ3n) is 5.44. The minimum absolute atomic E-state index is 1.12. The molecule has 0 bridgehead atoms. The molecule has 0 aliphatic heterocycles. The van der Waals surface area contributed by atoms with Crippen LogP contribution in [-0.2, 0) is 6.42 Å². The molecule has 1 aliphatic carbocycles. The predicted molar refractivity (Wildman–Crippen MR) is 106 cm³/mol. The summed E-state index contributed by atoms with van der Waals surface area (Å²) in [5, 5.41) is 6.84. The SMILES string of the molecule is Brc1ccc2c(c1)c1ccc3cccc4c5c(n2c1c34)C=CCC5. The summed E-state index contributed by atoms with van der Waals surface area (Å²) in [5.74, 6) is 0. The number of pyridine rings is 1. The Bertz CT molecular complexity index is 1310. The molecule has 0 unspecified atom stereocenters. The smallest absolute Gasteiger partial charge is 0.0625 e. The van der Waals surface area contributed by atoms with Crippen LogP contribution in [0.2, 0.25) is 0 Å². The number of hydrogen-bond donors (Lipinski definition) is 0. The molecule has 0 spiro atoms. The Morgan fingerprint density at radius 1 is 0.917 bits per heavy atom. The van der Waals surface area contributed by atoms with Crippen LogP contribution in [-0.4, -0.2) is 4.40 Å². The summed E-state index contributed by atoms with van der Waals surface area (Å²) < 4.78 is 3.62. The molecule has 0 saturated carbocycles. The van der Waals surface area contributed by atoms with E-state index in [4.69, 9.17) is 0 Å². The minimum atomic E-state index is 1.12. The number of allylic oxidation sites excluding steroid dienone is 1. The van der Waals surface area contributed by atoms with Crippen molar-refractivity contribution in [3.63, 3.8) is 0 Å². The number of nitrogens with zero attached hydrogens (tertiary/aromatic N) is 1. The average Bonchev–Trinajstić information content (AvgIpc) is 2.95. The van der Waals surface area contributed by atoms with Gasteiger partial charge in [-0.05, 0) is 53.5 Å². The van der Waals surface area contributed by atoms with Crippen molar-refractivity contribution < 1.29 is 0 Å². The molecule has 1 aliphatic rings. The molecule has 3 aromatic carbocycles. The molecule has 24 heavy (non-hydrogen) atoms. The second-order valence-corrected chi connectivity index (χ2v) is 7.58. The first-order valence-electron chi connectivity index (χ1n) is 8.39. The lowest BCUT2D eigenvalue weighted by atomic mass is 9.92. The summed E-state index contributed by atoms with van der Waals surface area (Å²) in [4.78, 5) is 0. The number of aryl methyl sites for hydroxylation is 1. The second-order valence-electron chi connectivity index (χ2n) is 6.67. The van der Waals surface area contributed by atoms with Gasteiger partial charge in [-0.1, -0.05) is 52.3 Å². The van der Waals surface area contributed by atoms with Crippen LogP contribution in [0.25, 0.3) is 44.0 Å². The van der Waals surface area contributed by atoms with Crippen LogP contribution in [0.1, 0.15) is 17.7 Å².